The van der Waals surface area contributed by atoms with Crippen LogP contribution in [0.1, 0.15) is 23.3 Å². The molecule has 1 aromatic heterocycles. The Labute approximate surface area is 180 Å². The largest absolute Gasteiger partial charge is 0.347 e. The predicted octanol–water partition coefficient (Wildman–Crippen LogP) is 4.17. The van der Waals surface area contributed by atoms with Crippen molar-refractivity contribution in [3.8, 4) is 16.9 Å². The predicted molar refractivity (Wildman–Crippen MR) is 114 cm³/mol. The van der Waals surface area contributed by atoms with Crippen molar-refractivity contribution in [2.24, 2.45) is 0 Å². The quantitative estimate of drug-likeness (QED) is 0.634. The summed E-state index contributed by atoms with van der Waals surface area (Å²) in [4.78, 5) is 15.3. The van der Waals surface area contributed by atoms with Crippen LogP contribution in [-0.2, 0) is 9.47 Å². The summed E-state index contributed by atoms with van der Waals surface area (Å²) < 4.78 is 13.3. The number of para-hydroxylation sites is 1. The van der Waals surface area contributed by atoms with E-state index < -0.39 is 5.79 Å². The van der Waals surface area contributed by atoms with E-state index in [1.54, 1.807) is 4.68 Å². The molecule has 5 rings (SSSR count). The third-order valence-electron chi connectivity index (χ3n) is 5.71. The van der Waals surface area contributed by atoms with Crippen molar-refractivity contribution in [3.63, 3.8) is 0 Å². The third kappa shape index (κ3) is 3.51. The molecule has 1 spiro atoms. The number of aromatic nitrogens is 2. The van der Waals surface area contributed by atoms with Crippen molar-refractivity contribution >= 4 is 17.5 Å². The van der Waals surface area contributed by atoms with Gasteiger partial charge in [-0.1, -0.05) is 48.0 Å². The van der Waals surface area contributed by atoms with E-state index in [9.17, 15) is 4.79 Å². The van der Waals surface area contributed by atoms with Gasteiger partial charge in [-0.25, -0.2) is 4.68 Å². The van der Waals surface area contributed by atoms with E-state index in [1.807, 2.05) is 65.6 Å². The number of hydrogen-bond acceptors (Lipinski definition) is 4. The van der Waals surface area contributed by atoms with E-state index in [4.69, 9.17) is 26.2 Å². The molecule has 2 saturated heterocycles. The molecule has 1 amide bonds. The minimum atomic E-state index is -0.515. The van der Waals surface area contributed by atoms with Crippen molar-refractivity contribution in [1.82, 2.24) is 14.7 Å². The first-order valence-corrected chi connectivity index (χ1v) is 10.5. The van der Waals surface area contributed by atoms with Gasteiger partial charge in [0.15, 0.2) is 5.79 Å². The average Bonchev–Trinajstić information content (AvgIpc) is 3.43. The Morgan fingerprint density at radius 3 is 2.33 bits per heavy atom. The van der Waals surface area contributed by atoms with Gasteiger partial charge in [-0.05, 0) is 24.3 Å². The zero-order valence-corrected chi connectivity index (χ0v) is 17.2. The van der Waals surface area contributed by atoms with E-state index in [0.29, 0.717) is 55.6 Å². The molecule has 3 aromatic rings. The molecule has 2 aromatic carbocycles. The molecule has 0 saturated carbocycles. The van der Waals surface area contributed by atoms with Crippen LogP contribution in [0.4, 0.5) is 0 Å². The number of carbonyl (C=O) groups is 1. The minimum absolute atomic E-state index is 0.0579. The molecule has 0 radical (unpaired) electrons. The van der Waals surface area contributed by atoms with Crippen LogP contribution in [-0.4, -0.2) is 52.7 Å². The molecule has 2 aliphatic rings. The number of rotatable bonds is 3. The van der Waals surface area contributed by atoms with Crippen LogP contribution in [0.25, 0.3) is 16.9 Å². The van der Waals surface area contributed by atoms with Crippen molar-refractivity contribution in [2.75, 3.05) is 26.3 Å². The highest BCUT2D eigenvalue weighted by atomic mass is 35.5. The number of likely N-dealkylation sites (tertiary alicyclic amines) is 1. The molecule has 2 fully saturated rings. The molecule has 154 valence electrons. The fourth-order valence-electron chi connectivity index (χ4n) is 4.10. The molecule has 0 atom stereocenters. The Kier molecular flexibility index (Phi) is 5.06. The number of ether oxygens (including phenoxy) is 2. The van der Waals surface area contributed by atoms with Crippen molar-refractivity contribution < 1.29 is 14.3 Å². The lowest BCUT2D eigenvalue weighted by atomic mass is 10.0. The summed E-state index contributed by atoms with van der Waals surface area (Å²) in [5.74, 6) is -0.573. The fraction of sp³-hybridized carbons (Fsp3) is 0.304. The zero-order chi connectivity index (χ0) is 20.6. The van der Waals surface area contributed by atoms with E-state index in [1.165, 1.54) is 0 Å². The Morgan fingerprint density at radius 1 is 0.967 bits per heavy atom. The Balaban J connectivity index is 1.49. The summed E-state index contributed by atoms with van der Waals surface area (Å²) in [6, 6.07) is 19.0. The lowest BCUT2D eigenvalue weighted by Crippen LogP contribution is -2.47. The molecule has 0 N–H and O–H groups in total. The molecule has 0 aliphatic carbocycles. The first kappa shape index (κ1) is 19.3. The van der Waals surface area contributed by atoms with Gasteiger partial charge in [-0.2, -0.15) is 5.10 Å². The monoisotopic (exact) mass is 423 g/mol. The Hall–Kier alpha value is -2.67. The van der Waals surface area contributed by atoms with Gasteiger partial charge in [-0.3, -0.25) is 4.79 Å². The first-order chi connectivity index (χ1) is 14.7. The summed E-state index contributed by atoms with van der Waals surface area (Å²) >= 11 is 6.39. The van der Waals surface area contributed by atoms with Crippen LogP contribution in [0.5, 0.6) is 0 Å². The second kappa shape index (κ2) is 7.87. The molecule has 7 heteroatoms. The lowest BCUT2D eigenvalue weighted by molar-refractivity contribution is -0.181. The van der Waals surface area contributed by atoms with Crippen molar-refractivity contribution in [2.45, 2.75) is 18.6 Å². The number of carbonyl (C=O) groups excluding carboxylic acids is 1. The summed E-state index contributed by atoms with van der Waals surface area (Å²) in [6.45, 7) is 2.41. The van der Waals surface area contributed by atoms with Gasteiger partial charge >= 0.3 is 0 Å². The SMILES string of the molecule is O=C(c1cc(-c2ccccc2Cl)nn1-c1ccccc1)N1CCC2(CC1)OCCO2. The summed E-state index contributed by atoms with van der Waals surface area (Å²) in [5.41, 5.74) is 2.81. The number of benzene rings is 2. The molecule has 0 unspecified atom stereocenters. The number of amides is 1. The zero-order valence-electron chi connectivity index (χ0n) is 16.5. The number of piperidine rings is 1. The standard InChI is InChI=1S/C23H22ClN3O3/c24-19-9-5-4-8-18(19)20-16-21(27(25-20)17-6-2-1-3-7-17)22(28)26-12-10-23(11-13-26)29-14-15-30-23/h1-9,16H,10-15H2. The van der Waals surface area contributed by atoms with Gasteiger partial charge in [-0.15, -0.1) is 0 Å². The van der Waals surface area contributed by atoms with Crippen molar-refractivity contribution in [1.29, 1.82) is 0 Å². The van der Waals surface area contributed by atoms with Crippen LogP contribution in [0, 0.1) is 0 Å². The summed E-state index contributed by atoms with van der Waals surface area (Å²) in [7, 11) is 0. The van der Waals surface area contributed by atoms with Crippen LogP contribution in [0.3, 0.4) is 0 Å². The molecule has 6 nitrogen and oxygen atoms in total. The second-order valence-electron chi connectivity index (χ2n) is 7.54. The molecule has 30 heavy (non-hydrogen) atoms. The van der Waals surface area contributed by atoms with Gasteiger partial charge in [0.1, 0.15) is 5.69 Å². The van der Waals surface area contributed by atoms with Crippen molar-refractivity contribution in [3.05, 3.63) is 71.4 Å². The van der Waals surface area contributed by atoms with Gasteiger partial charge < -0.3 is 14.4 Å². The highest BCUT2D eigenvalue weighted by Crippen LogP contribution is 2.33. The Bertz CT molecular complexity index is 1050. The number of hydrogen-bond donors (Lipinski definition) is 0. The van der Waals surface area contributed by atoms with E-state index >= 15 is 0 Å². The number of nitrogens with zero attached hydrogens (tertiary/aromatic N) is 3. The minimum Gasteiger partial charge on any atom is -0.347 e. The van der Waals surface area contributed by atoms with E-state index in [-0.39, 0.29) is 5.91 Å². The molecule has 0 bridgehead atoms. The smallest absolute Gasteiger partial charge is 0.272 e. The van der Waals surface area contributed by atoms with E-state index in [0.717, 1.165) is 11.3 Å². The first-order valence-electron chi connectivity index (χ1n) is 10.1. The maximum absolute atomic E-state index is 13.5. The normalized spacial score (nSPS) is 18.1. The van der Waals surface area contributed by atoms with Crippen LogP contribution < -0.4 is 0 Å². The summed E-state index contributed by atoms with van der Waals surface area (Å²) in [6.07, 6.45) is 1.35. The van der Waals surface area contributed by atoms with Gasteiger partial charge in [0.2, 0.25) is 0 Å². The maximum Gasteiger partial charge on any atom is 0.272 e. The number of halogens is 1. The third-order valence-corrected chi connectivity index (χ3v) is 6.03. The van der Waals surface area contributed by atoms with Crippen LogP contribution in [0.2, 0.25) is 5.02 Å². The molecule has 3 heterocycles. The molecular formula is C23H22ClN3O3. The van der Waals surface area contributed by atoms with Gasteiger partial charge in [0.25, 0.3) is 5.91 Å². The van der Waals surface area contributed by atoms with Gasteiger partial charge in [0, 0.05) is 31.5 Å². The second-order valence-corrected chi connectivity index (χ2v) is 7.95. The van der Waals surface area contributed by atoms with Crippen LogP contribution in [0.15, 0.2) is 60.7 Å². The van der Waals surface area contributed by atoms with E-state index in [2.05, 4.69) is 0 Å². The lowest BCUT2D eigenvalue weighted by Gasteiger charge is -2.37. The maximum atomic E-state index is 13.5. The highest BCUT2D eigenvalue weighted by molar-refractivity contribution is 6.33. The fourth-order valence-corrected chi connectivity index (χ4v) is 4.33. The molecular weight excluding hydrogens is 402 g/mol. The van der Waals surface area contributed by atoms with Gasteiger partial charge in [0.05, 0.1) is 29.6 Å². The highest BCUT2D eigenvalue weighted by Gasteiger charge is 2.41. The molecule has 2 aliphatic heterocycles. The van der Waals surface area contributed by atoms with Crippen LogP contribution >= 0.6 is 11.6 Å². The Morgan fingerprint density at radius 2 is 1.63 bits per heavy atom. The average molecular weight is 424 g/mol. The summed E-state index contributed by atoms with van der Waals surface area (Å²) in [5, 5.41) is 5.34. The topological polar surface area (TPSA) is 56.6 Å².